The Morgan fingerprint density at radius 1 is 1.40 bits per heavy atom. The lowest BCUT2D eigenvalue weighted by Crippen LogP contribution is -2.32. The molecule has 0 fully saturated rings. The Labute approximate surface area is 91.3 Å². The van der Waals surface area contributed by atoms with E-state index in [1.807, 2.05) is 0 Å². The van der Waals surface area contributed by atoms with Gasteiger partial charge in [0.25, 0.3) is 0 Å². The van der Waals surface area contributed by atoms with Crippen molar-refractivity contribution in [3.05, 3.63) is 17.2 Å². The predicted octanol–water partition coefficient (Wildman–Crippen LogP) is 0.850. The number of rotatable bonds is 2. The molecule has 1 aromatic rings. The van der Waals surface area contributed by atoms with Crippen LogP contribution in [0.15, 0.2) is 0 Å². The third kappa shape index (κ3) is 1.74. The summed E-state index contributed by atoms with van der Waals surface area (Å²) in [6.45, 7) is 6.36. The molecule has 15 heavy (non-hydrogen) atoms. The molecule has 1 aliphatic heterocycles. The minimum atomic E-state index is 0.470. The molecule has 1 aromatic heterocycles. The summed E-state index contributed by atoms with van der Waals surface area (Å²) in [7, 11) is 4.16. The van der Waals surface area contributed by atoms with Gasteiger partial charge in [-0.15, -0.1) is 0 Å². The molecule has 0 atom stereocenters. The fraction of sp³-hybridized carbons (Fsp3) is 0.727. The quantitative estimate of drug-likeness (QED) is 0.782. The first-order valence-electron chi connectivity index (χ1n) is 5.60. The molecular weight excluding hydrogens is 188 g/mol. The Balaban J connectivity index is 2.51. The number of nitrogens with zero attached hydrogens (tertiary/aromatic N) is 3. The lowest BCUT2D eigenvalue weighted by Gasteiger charge is -2.23. The summed E-state index contributed by atoms with van der Waals surface area (Å²) < 4.78 is 2.26. The molecule has 0 aliphatic carbocycles. The first kappa shape index (κ1) is 10.5. The van der Waals surface area contributed by atoms with Crippen LogP contribution in [-0.2, 0) is 13.0 Å². The number of hydrogen-bond donors (Lipinski definition) is 1. The number of aromatic nitrogens is 2. The van der Waals surface area contributed by atoms with Gasteiger partial charge in [-0.2, -0.15) is 0 Å². The van der Waals surface area contributed by atoms with Crippen molar-refractivity contribution in [1.29, 1.82) is 0 Å². The smallest absolute Gasteiger partial charge is 0.130 e. The highest BCUT2D eigenvalue weighted by Crippen LogP contribution is 2.21. The molecular formula is C11H20N4. The largest absolute Gasteiger partial charge is 0.317 e. The van der Waals surface area contributed by atoms with E-state index in [1.54, 1.807) is 0 Å². The average Bonchev–Trinajstić information content (AvgIpc) is 2.56. The van der Waals surface area contributed by atoms with Gasteiger partial charge in [-0.1, -0.05) is 13.8 Å². The van der Waals surface area contributed by atoms with Gasteiger partial charge >= 0.3 is 0 Å². The Morgan fingerprint density at radius 3 is 2.73 bits per heavy atom. The Bertz CT molecular complexity index is 352. The van der Waals surface area contributed by atoms with E-state index in [4.69, 9.17) is 4.98 Å². The normalized spacial score (nSPS) is 15.5. The predicted molar refractivity (Wildman–Crippen MR) is 61.8 cm³/mol. The zero-order valence-corrected chi connectivity index (χ0v) is 10.0. The molecule has 84 valence electrons. The van der Waals surface area contributed by atoms with E-state index in [1.165, 1.54) is 17.2 Å². The summed E-state index contributed by atoms with van der Waals surface area (Å²) in [5.41, 5.74) is 2.60. The van der Waals surface area contributed by atoms with Gasteiger partial charge in [-0.25, -0.2) is 9.66 Å². The number of fused-ring (bicyclic) bond motifs is 1. The number of imidazole rings is 1. The molecule has 0 unspecified atom stereocenters. The molecule has 0 saturated heterocycles. The molecule has 4 heteroatoms. The van der Waals surface area contributed by atoms with Crippen molar-refractivity contribution >= 4 is 0 Å². The van der Waals surface area contributed by atoms with Gasteiger partial charge in [0, 0.05) is 39.5 Å². The molecule has 1 aliphatic rings. The molecule has 0 amide bonds. The minimum Gasteiger partial charge on any atom is -0.317 e. The molecule has 0 radical (unpaired) electrons. The first-order valence-corrected chi connectivity index (χ1v) is 5.60. The Kier molecular flexibility index (Phi) is 2.69. The highest BCUT2D eigenvalue weighted by atomic mass is 15.5. The Morgan fingerprint density at radius 2 is 2.13 bits per heavy atom. The van der Waals surface area contributed by atoms with Gasteiger partial charge in [0.1, 0.15) is 5.82 Å². The SMILES string of the molecule is CC(C)c1nc2c(n1N(C)C)CCNC2. The van der Waals surface area contributed by atoms with Crippen molar-refractivity contribution in [2.24, 2.45) is 0 Å². The van der Waals surface area contributed by atoms with Crippen LogP contribution in [0.3, 0.4) is 0 Å². The summed E-state index contributed by atoms with van der Waals surface area (Å²) in [4.78, 5) is 4.73. The van der Waals surface area contributed by atoms with Gasteiger partial charge in [0.2, 0.25) is 0 Å². The second-order valence-electron chi connectivity index (χ2n) is 4.60. The lowest BCUT2D eigenvalue weighted by atomic mass is 10.2. The van der Waals surface area contributed by atoms with Crippen molar-refractivity contribution in [3.8, 4) is 0 Å². The van der Waals surface area contributed by atoms with E-state index >= 15 is 0 Å². The van der Waals surface area contributed by atoms with Crippen LogP contribution in [0, 0.1) is 0 Å². The highest BCUT2D eigenvalue weighted by Gasteiger charge is 2.21. The molecule has 0 aromatic carbocycles. The van der Waals surface area contributed by atoms with Crippen LogP contribution in [0.4, 0.5) is 0 Å². The van der Waals surface area contributed by atoms with Crippen LogP contribution >= 0.6 is 0 Å². The molecule has 2 heterocycles. The zero-order valence-electron chi connectivity index (χ0n) is 10.0. The maximum absolute atomic E-state index is 4.73. The fourth-order valence-corrected chi connectivity index (χ4v) is 2.14. The molecule has 0 spiro atoms. The van der Waals surface area contributed by atoms with Gasteiger partial charge in [-0.05, 0) is 0 Å². The molecule has 4 nitrogen and oxygen atoms in total. The Hall–Kier alpha value is -1.03. The van der Waals surface area contributed by atoms with Crippen molar-refractivity contribution in [2.75, 3.05) is 25.6 Å². The second-order valence-corrected chi connectivity index (χ2v) is 4.60. The van der Waals surface area contributed by atoms with Crippen molar-refractivity contribution in [1.82, 2.24) is 15.0 Å². The fourth-order valence-electron chi connectivity index (χ4n) is 2.14. The summed E-state index contributed by atoms with van der Waals surface area (Å²) in [5, 5.41) is 5.50. The molecule has 2 rings (SSSR count). The van der Waals surface area contributed by atoms with Crippen LogP contribution in [0.25, 0.3) is 0 Å². The minimum absolute atomic E-state index is 0.470. The van der Waals surface area contributed by atoms with Gasteiger partial charge in [-0.3, -0.25) is 0 Å². The number of hydrogen-bond acceptors (Lipinski definition) is 3. The van der Waals surface area contributed by atoms with Gasteiger partial charge < -0.3 is 10.3 Å². The summed E-state index contributed by atoms with van der Waals surface area (Å²) in [6, 6.07) is 0. The number of nitrogens with one attached hydrogen (secondary N) is 1. The first-order chi connectivity index (χ1) is 7.11. The van der Waals surface area contributed by atoms with E-state index in [0.29, 0.717) is 5.92 Å². The highest BCUT2D eigenvalue weighted by molar-refractivity contribution is 5.23. The lowest BCUT2D eigenvalue weighted by molar-refractivity contribution is 0.577. The molecule has 0 saturated carbocycles. The van der Waals surface area contributed by atoms with E-state index in [0.717, 1.165) is 19.5 Å². The third-order valence-corrected chi connectivity index (χ3v) is 2.80. The topological polar surface area (TPSA) is 33.1 Å². The second kappa shape index (κ2) is 3.85. The summed E-state index contributed by atoms with van der Waals surface area (Å²) in [6.07, 6.45) is 1.08. The molecule has 0 bridgehead atoms. The van der Waals surface area contributed by atoms with Crippen LogP contribution in [0.1, 0.15) is 37.0 Å². The van der Waals surface area contributed by atoms with Crippen molar-refractivity contribution in [3.63, 3.8) is 0 Å². The third-order valence-electron chi connectivity index (χ3n) is 2.80. The maximum Gasteiger partial charge on any atom is 0.130 e. The van der Waals surface area contributed by atoms with Crippen LogP contribution in [0.5, 0.6) is 0 Å². The summed E-state index contributed by atoms with van der Waals surface area (Å²) in [5.74, 6) is 1.65. The van der Waals surface area contributed by atoms with Gasteiger partial charge in [0.15, 0.2) is 0 Å². The van der Waals surface area contributed by atoms with E-state index in [2.05, 4.69) is 42.9 Å². The van der Waals surface area contributed by atoms with Crippen molar-refractivity contribution in [2.45, 2.75) is 32.7 Å². The van der Waals surface area contributed by atoms with Crippen LogP contribution in [-0.4, -0.2) is 30.3 Å². The standard InChI is InChI=1S/C11H20N4/c1-8(2)11-13-9-7-12-6-5-10(9)15(11)14(3)4/h8,12H,5-7H2,1-4H3. The molecule has 1 N–H and O–H groups in total. The van der Waals surface area contributed by atoms with Crippen LogP contribution in [0.2, 0.25) is 0 Å². The monoisotopic (exact) mass is 208 g/mol. The maximum atomic E-state index is 4.73. The van der Waals surface area contributed by atoms with Crippen LogP contribution < -0.4 is 10.3 Å². The summed E-state index contributed by atoms with van der Waals surface area (Å²) >= 11 is 0. The van der Waals surface area contributed by atoms with Crippen molar-refractivity contribution < 1.29 is 0 Å². The van der Waals surface area contributed by atoms with E-state index < -0.39 is 0 Å². The zero-order chi connectivity index (χ0) is 11.0. The van der Waals surface area contributed by atoms with E-state index in [-0.39, 0.29) is 0 Å². The van der Waals surface area contributed by atoms with Gasteiger partial charge in [0.05, 0.1) is 11.4 Å². The van der Waals surface area contributed by atoms with E-state index in [9.17, 15) is 0 Å². The average molecular weight is 208 g/mol.